The number of halogens is 1. The summed E-state index contributed by atoms with van der Waals surface area (Å²) in [7, 11) is 0. The first-order valence-electron chi connectivity index (χ1n) is 6.31. The van der Waals surface area contributed by atoms with Crippen molar-refractivity contribution in [1.82, 2.24) is 0 Å². The predicted octanol–water partition coefficient (Wildman–Crippen LogP) is 3.91. The number of benzene rings is 2. The molecule has 0 aromatic heterocycles. The van der Waals surface area contributed by atoms with E-state index in [0.717, 1.165) is 17.0 Å². The zero-order chi connectivity index (χ0) is 14.4. The molecule has 0 fully saturated rings. The fourth-order valence-electron chi connectivity index (χ4n) is 1.71. The van der Waals surface area contributed by atoms with Gasteiger partial charge in [0.25, 0.3) is 0 Å². The average molecular weight is 334 g/mol. The van der Waals surface area contributed by atoms with Gasteiger partial charge in [-0.1, -0.05) is 51.8 Å². The fraction of sp³-hybridized carbons (Fsp3) is 0.188. The van der Waals surface area contributed by atoms with E-state index in [-0.39, 0.29) is 11.2 Å². The lowest BCUT2D eigenvalue weighted by atomic mass is 10.2. The average Bonchev–Trinajstić information content (AvgIpc) is 2.47. The van der Waals surface area contributed by atoms with Gasteiger partial charge in [-0.15, -0.1) is 0 Å². The largest absolute Gasteiger partial charge is 0.489 e. The minimum absolute atomic E-state index is 0.0827. The van der Waals surface area contributed by atoms with Crippen LogP contribution in [0.4, 0.5) is 5.69 Å². The molecule has 1 N–H and O–H groups in total. The lowest BCUT2D eigenvalue weighted by Crippen LogP contribution is -2.12. The summed E-state index contributed by atoms with van der Waals surface area (Å²) in [6.07, 6.45) is 0. The van der Waals surface area contributed by atoms with E-state index < -0.39 is 0 Å². The van der Waals surface area contributed by atoms with Gasteiger partial charge < -0.3 is 10.1 Å². The van der Waals surface area contributed by atoms with Gasteiger partial charge >= 0.3 is 0 Å². The minimum Gasteiger partial charge on any atom is -0.489 e. The van der Waals surface area contributed by atoms with E-state index >= 15 is 0 Å². The van der Waals surface area contributed by atoms with Gasteiger partial charge in [-0.05, 0) is 24.6 Å². The van der Waals surface area contributed by atoms with E-state index in [0.29, 0.717) is 6.61 Å². The third kappa shape index (κ3) is 4.38. The highest BCUT2D eigenvalue weighted by molar-refractivity contribution is 9.09. The van der Waals surface area contributed by atoms with Gasteiger partial charge in [-0.25, -0.2) is 0 Å². The Labute approximate surface area is 127 Å². The van der Waals surface area contributed by atoms with Crippen molar-refractivity contribution in [2.24, 2.45) is 0 Å². The summed E-state index contributed by atoms with van der Waals surface area (Å²) in [5.74, 6) is 0.652. The van der Waals surface area contributed by atoms with E-state index in [1.807, 2.05) is 36.4 Å². The normalized spacial score (nSPS) is 10.1. The van der Waals surface area contributed by atoms with Crippen LogP contribution in [-0.2, 0) is 11.4 Å². The summed E-state index contributed by atoms with van der Waals surface area (Å²) in [5.41, 5.74) is 3.08. The van der Waals surface area contributed by atoms with Crippen LogP contribution < -0.4 is 10.1 Å². The third-order valence-electron chi connectivity index (χ3n) is 2.77. The molecule has 1 amide bonds. The van der Waals surface area contributed by atoms with Crippen LogP contribution in [0, 0.1) is 6.92 Å². The van der Waals surface area contributed by atoms with Crippen LogP contribution >= 0.6 is 15.9 Å². The molecule has 4 heteroatoms. The van der Waals surface area contributed by atoms with Gasteiger partial charge in [0.1, 0.15) is 12.4 Å². The van der Waals surface area contributed by atoms with Crippen molar-refractivity contribution < 1.29 is 9.53 Å². The molecule has 0 aliphatic carbocycles. The Hall–Kier alpha value is -1.81. The van der Waals surface area contributed by atoms with E-state index in [2.05, 4.69) is 40.3 Å². The number of carbonyl (C=O) groups is 1. The third-order valence-corrected chi connectivity index (χ3v) is 3.27. The molecule has 2 aromatic carbocycles. The number of alkyl halides is 1. The van der Waals surface area contributed by atoms with E-state index in [4.69, 9.17) is 4.74 Å². The molecular formula is C16H16BrNO2. The molecule has 0 unspecified atom stereocenters. The quantitative estimate of drug-likeness (QED) is 0.842. The number of nitrogens with one attached hydrogen (secondary N) is 1. The van der Waals surface area contributed by atoms with E-state index in [9.17, 15) is 4.79 Å². The molecule has 0 spiro atoms. The fourth-order valence-corrected chi connectivity index (χ4v) is 1.85. The molecule has 0 atom stereocenters. The molecule has 0 radical (unpaired) electrons. The van der Waals surface area contributed by atoms with E-state index in [1.54, 1.807) is 0 Å². The first-order chi connectivity index (χ1) is 9.67. The van der Waals surface area contributed by atoms with Crippen molar-refractivity contribution >= 4 is 27.5 Å². The maximum absolute atomic E-state index is 11.3. The molecule has 0 saturated heterocycles. The molecule has 20 heavy (non-hydrogen) atoms. The number of amides is 1. The second kappa shape index (κ2) is 7.10. The number of carbonyl (C=O) groups excluding carboxylic acids is 1. The Balaban J connectivity index is 1.97. The summed E-state index contributed by atoms with van der Waals surface area (Å²) in [4.78, 5) is 11.3. The zero-order valence-electron chi connectivity index (χ0n) is 11.2. The summed E-state index contributed by atoms with van der Waals surface area (Å²) < 4.78 is 5.72. The summed E-state index contributed by atoms with van der Waals surface area (Å²) in [6.45, 7) is 2.57. The topological polar surface area (TPSA) is 38.3 Å². The smallest absolute Gasteiger partial charge is 0.235 e. The van der Waals surface area contributed by atoms with Crippen LogP contribution in [-0.4, -0.2) is 11.2 Å². The van der Waals surface area contributed by atoms with Crippen molar-refractivity contribution in [2.75, 3.05) is 10.6 Å². The molecule has 2 aromatic rings. The van der Waals surface area contributed by atoms with Crippen LogP contribution in [0.2, 0.25) is 0 Å². The van der Waals surface area contributed by atoms with Gasteiger partial charge in [-0.2, -0.15) is 0 Å². The van der Waals surface area contributed by atoms with Crippen LogP contribution in [0.15, 0.2) is 48.5 Å². The lowest BCUT2D eigenvalue weighted by molar-refractivity contribution is -0.113. The summed E-state index contributed by atoms with van der Waals surface area (Å²) >= 11 is 3.11. The molecule has 0 aliphatic rings. The van der Waals surface area contributed by atoms with Crippen molar-refractivity contribution in [3.05, 3.63) is 59.7 Å². The van der Waals surface area contributed by atoms with Crippen molar-refractivity contribution in [2.45, 2.75) is 13.5 Å². The SMILES string of the molecule is Cc1ccc(COc2cccc(NC(=O)CBr)c2)cc1. The summed E-state index contributed by atoms with van der Waals surface area (Å²) in [5, 5.41) is 3.05. The Kier molecular flexibility index (Phi) is 5.18. The Morgan fingerprint density at radius 1 is 1.20 bits per heavy atom. The van der Waals surface area contributed by atoms with E-state index in [1.165, 1.54) is 5.56 Å². The molecule has 2 rings (SSSR count). The second-order valence-corrected chi connectivity index (χ2v) is 5.04. The summed E-state index contributed by atoms with van der Waals surface area (Å²) in [6, 6.07) is 15.6. The molecular weight excluding hydrogens is 318 g/mol. The van der Waals surface area contributed by atoms with Crippen molar-refractivity contribution in [1.29, 1.82) is 0 Å². The molecule has 0 bridgehead atoms. The zero-order valence-corrected chi connectivity index (χ0v) is 12.8. The molecule has 104 valence electrons. The standard InChI is InChI=1S/C16H16BrNO2/c1-12-5-7-13(8-6-12)11-20-15-4-2-3-14(9-15)18-16(19)10-17/h2-9H,10-11H2,1H3,(H,18,19). The molecule has 3 nitrogen and oxygen atoms in total. The molecule has 0 heterocycles. The number of anilines is 1. The monoisotopic (exact) mass is 333 g/mol. The van der Waals surface area contributed by atoms with Crippen LogP contribution in [0.5, 0.6) is 5.75 Å². The second-order valence-electron chi connectivity index (χ2n) is 4.48. The Bertz CT molecular complexity index is 581. The number of hydrogen-bond acceptors (Lipinski definition) is 2. The van der Waals surface area contributed by atoms with Crippen molar-refractivity contribution in [3.8, 4) is 5.75 Å². The highest BCUT2D eigenvalue weighted by Gasteiger charge is 2.02. The van der Waals surface area contributed by atoms with Gasteiger partial charge in [0, 0.05) is 11.8 Å². The number of ether oxygens (including phenoxy) is 1. The van der Waals surface area contributed by atoms with Crippen molar-refractivity contribution in [3.63, 3.8) is 0 Å². The minimum atomic E-state index is -0.0827. The van der Waals surface area contributed by atoms with Crippen LogP contribution in [0.1, 0.15) is 11.1 Å². The van der Waals surface area contributed by atoms with Gasteiger partial charge in [-0.3, -0.25) is 4.79 Å². The highest BCUT2D eigenvalue weighted by Crippen LogP contribution is 2.18. The predicted molar refractivity (Wildman–Crippen MR) is 84.4 cm³/mol. The first kappa shape index (κ1) is 14.6. The Morgan fingerprint density at radius 3 is 2.65 bits per heavy atom. The van der Waals surface area contributed by atoms with Crippen LogP contribution in [0.25, 0.3) is 0 Å². The number of hydrogen-bond donors (Lipinski definition) is 1. The lowest BCUT2D eigenvalue weighted by Gasteiger charge is -2.09. The van der Waals surface area contributed by atoms with Gasteiger partial charge in [0.15, 0.2) is 0 Å². The maximum atomic E-state index is 11.3. The van der Waals surface area contributed by atoms with Gasteiger partial charge in [0.05, 0.1) is 5.33 Å². The molecule has 0 saturated carbocycles. The highest BCUT2D eigenvalue weighted by atomic mass is 79.9. The van der Waals surface area contributed by atoms with Crippen LogP contribution in [0.3, 0.4) is 0 Å². The maximum Gasteiger partial charge on any atom is 0.235 e. The number of rotatable bonds is 5. The Morgan fingerprint density at radius 2 is 1.95 bits per heavy atom. The first-order valence-corrected chi connectivity index (χ1v) is 7.44. The number of aryl methyl sites for hydroxylation is 1. The molecule has 0 aliphatic heterocycles. The van der Waals surface area contributed by atoms with Gasteiger partial charge in [0.2, 0.25) is 5.91 Å².